The van der Waals surface area contributed by atoms with Gasteiger partial charge in [-0.05, 0) is 25.7 Å². The summed E-state index contributed by atoms with van der Waals surface area (Å²) in [6, 6.07) is 0. The lowest BCUT2D eigenvalue weighted by atomic mass is 9.87. The monoisotopic (exact) mass is 246 g/mol. The van der Waals surface area contributed by atoms with Crippen LogP contribution >= 0.6 is 15.9 Å². The number of hydrogen-bond acceptors (Lipinski definition) is 0. The quantitative estimate of drug-likeness (QED) is 0.533. The van der Waals surface area contributed by atoms with Gasteiger partial charge in [0.15, 0.2) is 0 Å². The number of alkyl halides is 1. The fourth-order valence-electron chi connectivity index (χ4n) is 2.45. The second kappa shape index (κ2) is 5.38. The molecule has 1 heteroatoms. The van der Waals surface area contributed by atoms with Crippen LogP contribution in [0.1, 0.15) is 65.2 Å². The molecule has 1 aliphatic rings. The molecule has 0 heterocycles. The Balaban J connectivity index is 2.40. The zero-order chi connectivity index (χ0) is 9.73. The molecule has 0 aromatic heterocycles. The predicted molar refractivity (Wildman–Crippen MR) is 63.4 cm³/mol. The molecule has 1 rings (SSSR count). The van der Waals surface area contributed by atoms with Crippen molar-refractivity contribution in [2.75, 3.05) is 0 Å². The van der Waals surface area contributed by atoms with E-state index < -0.39 is 0 Å². The lowest BCUT2D eigenvalue weighted by Gasteiger charge is -2.27. The minimum atomic E-state index is 0.420. The van der Waals surface area contributed by atoms with Crippen LogP contribution in [0.15, 0.2) is 0 Å². The Hall–Kier alpha value is 0.480. The van der Waals surface area contributed by atoms with Crippen molar-refractivity contribution in [2.45, 2.75) is 69.5 Å². The van der Waals surface area contributed by atoms with Crippen LogP contribution in [0.5, 0.6) is 0 Å². The van der Waals surface area contributed by atoms with Gasteiger partial charge >= 0.3 is 0 Å². The van der Waals surface area contributed by atoms with E-state index >= 15 is 0 Å². The smallest absolute Gasteiger partial charge is 0.0232 e. The predicted octanol–water partition coefficient (Wildman–Crippen LogP) is 4.91. The summed E-state index contributed by atoms with van der Waals surface area (Å²) < 4.78 is 0.420. The summed E-state index contributed by atoms with van der Waals surface area (Å²) >= 11 is 3.88. The van der Waals surface area contributed by atoms with Crippen molar-refractivity contribution in [1.29, 1.82) is 0 Å². The van der Waals surface area contributed by atoms with Crippen molar-refractivity contribution < 1.29 is 0 Å². The van der Waals surface area contributed by atoms with Crippen molar-refractivity contribution in [2.24, 2.45) is 5.92 Å². The first-order chi connectivity index (χ1) is 6.10. The first kappa shape index (κ1) is 11.6. The minimum absolute atomic E-state index is 0.420. The normalized spacial score (nSPS) is 38.5. The molecular weight excluding hydrogens is 224 g/mol. The van der Waals surface area contributed by atoms with Crippen LogP contribution in [0.25, 0.3) is 0 Å². The van der Waals surface area contributed by atoms with Gasteiger partial charge in [0, 0.05) is 4.32 Å². The van der Waals surface area contributed by atoms with Gasteiger partial charge in [-0.1, -0.05) is 61.4 Å². The zero-order valence-electron chi connectivity index (χ0n) is 9.11. The van der Waals surface area contributed by atoms with Gasteiger partial charge in [-0.2, -0.15) is 0 Å². The van der Waals surface area contributed by atoms with E-state index in [0.717, 1.165) is 5.92 Å². The van der Waals surface area contributed by atoms with E-state index in [1.165, 1.54) is 51.4 Å². The SMILES string of the molecule is CC1CCCCCCCC(C)(Br)C1. The Labute approximate surface area is 91.6 Å². The topological polar surface area (TPSA) is 0 Å². The molecule has 0 aromatic rings. The molecule has 1 saturated carbocycles. The highest BCUT2D eigenvalue weighted by Gasteiger charge is 2.22. The van der Waals surface area contributed by atoms with Gasteiger partial charge in [-0.3, -0.25) is 0 Å². The van der Waals surface area contributed by atoms with Crippen LogP contribution in [0.4, 0.5) is 0 Å². The Morgan fingerprint density at radius 1 is 1.08 bits per heavy atom. The van der Waals surface area contributed by atoms with E-state index in [4.69, 9.17) is 0 Å². The number of halogens is 1. The Bertz CT molecular complexity index is 140. The fourth-order valence-corrected chi connectivity index (χ4v) is 3.28. The van der Waals surface area contributed by atoms with Gasteiger partial charge in [0.2, 0.25) is 0 Å². The summed E-state index contributed by atoms with van der Waals surface area (Å²) in [4.78, 5) is 0. The standard InChI is InChI=1S/C12H23Br/c1-11-8-6-4-3-5-7-9-12(2,13)10-11/h11H,3-10H2,1-2H3. The molecule has 0 radical (unpaired) electrons. The maximum Gasteiger partial charge on any atom is 0.0232 e. The molecule has 1 aliphatic carbocycles. The van der Waals surface area contributed by atoms with E-state index in [0.29, 0.717) is 4.32 Å². The third-order valence-electron chi connectivity index (χ3n) is 3.17. The zero-order valence-corrected chi connectivity index (χ0v) is 10.7. The minimum Gasteiger partial charge on any atom is -0.0856 e. The lowest BCUT2D eigenvalue weighted by molar-refractivity contribution is 0.373. The van der Waals surface area contributed by atoms with Crippen LogP contribution in [-0.4, -0.2) is 4.32 Å². The molecule has 0 saturated heterocycles. The largest absolute Gasteiger partial charge is 0.0856 e. The molecule has 2 atom stereocenters. The van der Waals surface area contributed by atoms with Gasteiger partial charge in [-0.25, -0.2) is 0 Å². The fraction of sp³-hybridized carbons (Fsp3) is 1.00. The lowest BCUT2D eigenvalue weighted by Crippen LogP contribution is -2.20. The first-order valence-corrected chi connectivity index (χ1v) is 6.58. The van der Waals surface area contributed by atoms with Crippen molar-refractivity contribution in [3.8, 4) is 0 Å². The van der Waals surface area contributed by atoms with E-state index in [1.807, 2.05) is 0 Å². The molecule has 0 aromatic carbocycles. The molecule has 0 bridgehead atoms. The van der Waals surface area contributed by atoms with Crippen LogP contribution < -0.4 is 0 Å². The van der Waals surface area contributed by atoms with E-state index in [-0.39, 0.29) is 0 Å². The molecule has 2 unspecified atom stereocenters. The molecule has 0 aliphatic heterocycles. The average molecular weight is 247 g/mol. The summed E-state index contributed by atoms with van der Waals surface area (Å²) in [6.07, 6.45) is 11.4. The summed E-state index contributed by atoms with van der Waals surface area (Å²) in [6.45, 7) is 4.77. The van der Waals surface area contributed by atoms with Crippen molar-refractivity contribution in [1.82, 2.24) is 0 Å². The van der Waals surface area contributed by atoms with Gasteiger partial charge < -0.3 is 0 Å². The van der Waals surface area contributed by atoms with Gasteiger partial charge in [0.1, 0.15) is 0 Å². The second-order valence-electron chi connectivity index (χ2n) is 5.03. The van der Waals surface area contributed by atoms with Crippen molar-refractivity contribution >= 4 is 15.9 Å². The third kappa shape index (κ3) is 5.05. The van der Waals surface area contributed by atoms with Crippen LogP contribution in [0.2, 0.25) is 0 Å². The number of hydrogen-bond donors (Lipinski definition) is 0. The second-order valence-corrected chi connectivity index (χ2v) is 6.94. The Morgan fingerprint density at radius 3 is 2.46 bits per heavy atom. The Morgan fingerprint density at radius 2 is 1.69 bits per heavy atom. The molecule has 0 nitrogen and oxygen atoms in total. The molecule has 13 heavy (non-hydrogen) atoms. The summed E-state index contributed by atoms with van der Waals surface area (Å²) in [5.74, 6) is 0.905. The molecule has 78 valence electrons. The van der Waals surface area contributed by atoms with Crippen LogP contribution in [0.3, 0.4) is 0 Å². The van der Waals surface area contributed by atoms with Gasteiger partial charge in [-0.15, -0.1) is 0 Å². The third-order valence-corrected chi connectivity index (χ3v) is 3.89. The summed E-state index contributed by atoms with van der Waals surface area (Å²) in [5, 5.41) is 0. The molecule has 0 spiro atoms. The highest BCUT2D eigenvalue weighted by atomic mass is 79.9. The summed E-state index contributed by atoms with van der Waals surface area (Å²) in [5.41, 5.74) is 0. The molecule has 1 fully saturated rings. The molecule has 0 N–H and O–H groups in total. The first-order valence-electron chi connectivity index (χ1n) is 5.79. The molecule has 0 amide bonds. The van der Waals surface area contributed by atoms with E-state index in [2.05, 4.69) is 29.8 Å². The van der Waals surface area contributed by atoms with Gasteiger partial charge in [0.05, 0.1) is 0 Å². The van der Waals surface area contributed by atoms with Crippen LogP contribution in [-0.2, 0) is 0 Å². The average Bonchev–Trinajstić information content (AvgIpc) is 2.01. The Kier molecular flexibility index (Phi) is 4.78. The van der Waals surface area contributed by atoms with E-state index in [1.54, 1.807) is 0 Å². The maximum atomic E-state index is 3.88. The highest BCUT2D eigenvalue weighted by molar-refractivity contribution is 9.10. The van der Waals surface area contributed by atoms with Gasteiger partial charge in [0.25, 0.3) is 0 Å². The molecular formula is C12H23Br. The van der Waals surface area contributed by atoms with Crippen LogP contribution in [0, 0.1) is 5.92 Å². The van der Waals surface area contributed by atoms with E-state index in [9.17, 15) is 0 Å². The maximum absolute atomic E-state index is 3.88. The number of rotatable bonds is 0. The van der Waals surface area contributed by atoms with Crippen molar-refractivity contribution in [3.05, 3.63) is 0 Å². The highest BCUT2D eigenvalue weighted by Crippen LogP contribution is 2.34. The summed E-state index contributed by atoms with van der Waals surface area (Å²) in [7, 11) is 0. The van der Waals surface area contributed by atoms with Crippen molar-refractivity contribution in [3.63, 3.8) is 0 Å².